The van der Waals surface area contributed by atoms with Crippen LogP contribution in [0.5, 0.6) is 17.2 Å². The second-order valence-corrected chi connectivity index (χ2v) is 6.57. The largest absolute Gasteiger partial charge is 0.496 e. The van der Waals surface area contributed by atoms with E-state index >= 15 is 0 Å². The van der Waals surface area contributed by atoms with Crippen molar-refractivity contribution in [2.45, 2.75) is 6.04 Å². The Balaban J connectivity index is 2.17. The fraction of sp³-hybridized carbons (Fsp3) is 0.190. The summed E-state index contributed by atoms with van der Waals surface area (Å²) in [5, 5.41) is 10.3. The molecule has 4 rings (SSSR count). The lowest BCUT2D eigenvalue weighted by Crippen LogP contribution is -2.38. The maximum atomic E-state index is 13.4. The average Bonchev–Trinajstić information content (AvgIpc) is 3.08. The Hall–Kier alpha value is -4.19. The van der Waals surface area contributed by atoms with E-state index in [0.717, 1.165) is 4.68 Å². The van der Waals surface area contributed by atoms with Gasteiger partial charge in [-0.25, -0.2) is 4.68 Å². The Kier molecular flexibility index (Phi) is 4.47. The Bertz CT molecular complexity index is 1350. The van der Waals surface area contributed by atoms with Crippen LogP contribution < -0.4 is 31.1 Å². The summed E-state index contributed by atoms with van der Waals surface area (Å²) in [6.07, 6.45) is 0. The maximum absolute atomic E-state index is 13.4. The molecule has 30 heavy (non-hydrogen) atoms. The maximum Gasteiger partial charge on any atom is 0.279 e. The van der Waals surface area contributed by atoms with Gasteiger partial charge in [-0.05, 0) is 12.1 Å². The monoisotopic (exact) mass is 406 g/mol. The number of aromatic nitrogens is 2. The summed E-state index contributed by atoms with van der Waals surface area (Å²) in [4.78, 5) is 26.5. The highest BCUT2D eigenvalue weighted by molar-refractivity contribution is 5.82. The van der Waals surface area contributed by atoms with E-state index in [1.165, 1.54) is 26.0 Å². The molecule has 0 fully saturated rings. The average molecular weight is 406 g/mol. The van der Waals surface area contributed by atoms with Crippen LogP contribution in [0.4, 0.5) is 0 Å². The van der Waals surface area contributed by atoms with Gasteiger partial charge in [0.05, 0.1) is 37.7 Å². The predicted octanol–water partition coefficient (Wildman–Crippen LogP) is 1.44. The van der Waals surface area contributed by atoms with E-state index in [2.05, 4.69) is 0 Å². The topological polar surface area (TPSA) is 121 Å². The number of hydrogen-bond donors (Lipinski definition) is 1. The Morgan fingerprint density at radius 1 is 0.967 bits per heavy atom. The lowest BCUT2D eigenvalue weighted by molar-refractivity contribution is 0.360. The van der Waals surface area contributed by atoms with Crippen molar-refractivity contribution in [1.29, 1.82) is 5.26 Å². The van der Waals surface area contributed by atoms with E-state index in [4.69, 9.17) is 19.9 Å². The highest BCUT2D eigenvalue weighted by Crippen LogP contribution is 2.44. The summed E-state index contributed by atoms with van der Waals surface area (Å²) in [5.74, 6) is 0.981. The number of nitrogens with zero attached hydrogens (tertiary/aromatic N) is 3. The van der Waals surface area contributed by atoms with Gasteiger partial charge in [0.15, 0.2) is 0 Å². The molecular formula is C21H18N4O5. The Morgan fingerprint density at radius 2 is 1.53 bits per heavy atom. The molecule has 1 unspecified atom stereocenters. The molecule has 9 nitrogen and oxygen atoms in total. The van der Waals surface area contributed by atoms with Gasteiger partial charge in [0.1, 0.15) is 40.8 Å². The standard InChI is InChI=1S/C21H18N4O5/c1-28-11-8-15(29-2)17(16(9-11)30-3)18-14(10-22)19(23)25-21(27)13-7-5-4-6-12(13)20(26)24(18)25/h4-9,18H,23H2,1-3H3. The first-order valence-corrected chi connectivity index (χ1v) is 8.95. The number of rotatable bonds is 4. The van der Waals surface area contributed by atoms with Crippen molar-refractivity contribution in [3.63, 3.8) is 0 Å². The van der Waals surface area contributed by atoms with Gasteiger partial charge in [-0.1, -0.05) is 12.1 Å². The smallest absolute Gasteiger partial charge is 0.279 e. The Labute approximate surface area is 170 Å². The fourth-order valence-corrected chi connectivity index (χ4v) is 3.80. The third kappa shape index (κ3) is 2.47. The molecule has 3 aromatic rings. The molecular weight excluding hydrogens is 388 g/mol. The fourth-order valence-electron chi connectivity index (χ4n) is 3.80. The van der Waals surface area contributed by atoms with Crippen molar-refractivity contribution < 1.29 is 14.2 Å². The van der Waals surface area contributed by atoms with Gasteiger partial charge in [-0.2, -0.15) is 9.94 Å². The van der Waals surface area contributed by atoms with Gasteiger partial charge in [0.2, 0.25) is 0 Å². The quantitative estimate of drug-likeness (QED) is 0.696. The van der Waals surface area contributed by atoms with Gasteiger partial charge < -0.3 is 19.9 Å². The molecule has 2 aromatic carbocycles. The zero-order valence-electron chi connectivity index (χ0n) is 16.5. The van der Waals surface area contributed by atoms with Crippen LogP contribution in [0.1, 0.15) is 11.6 Å². The number of fused-ring (bicyclic) bond motifs is 2. The second kappa shape index (κ2) is 7.00. The van der Waals surface area contributed by atoms with E-state index in [9.17, 15) is 14.9 Å². The molecule has 9 heteroatoms. The zero-order valence-corrected chi connectivity index (χ0v) is 16.5. The van der Waals surface area contributed by atoms with Gasteiger partial charge in [-0.3, -0.25) is 9.59 Å². The van der Waals surface area contributed by atoms with E-state index in [1.54, 1.807) is 36.4 Å². The molecule has 1 aliphatic heterocycles. The van der Waals surface area contributed by atoms with Crippen LogP contribution in [-0.2, 0) is 0 Å². The number of methoxy groups -OCH3 is 3. The molecule has 2 heterocycles. The highest BCUT2D eigenvalue weighted by Gasteiger charge is 2.38. The Morgan fingerprint density at radius 3 is 2.03 bits per heavy atom. The predicted molar refractivity (Wildman–Crippen MR) is 110 cm³/mol. The summed E-state index contributed by atoms with van der Waals surface area (Å²) >= 11 is 0. The molecule has 0 bridgehead atoms. The lowest BCUT2D eigenvalue weighted by atomic mass is 9.97. The van der Waals surface area contributed by atoms with Crippen LogP contribution in [0.3, 0.4) is 0 Å². The number of nitrogens with two attached hydrogens (primary N) is 1. The summed E-state index contributed by atoms with van der Waals surface area (Å²) in [6, 6.07) is 10.7. The van der Waals surface area contributed by atoms with Gasteiger partial charge in [0.25, 0.3) is 11.1 Å². The first-order valence-electron chi connectivity index (χ1n) is 8.95. The highest BCUT2D eigenvalue weighted by atomic mass is 16.5. The number of allylic oxidation sites excluding steroid dienone is 1. The van der Waals surface area contributed by atoms with Crippen molar-refractivity contribution >= 4 is 16.6 Å². The summed E-state index contributed by atoms with van der Waals surface area (Å²) < 4.78 is 18.5. The van der Waals surface area contributed by atoms with Crippen molar-refractivity contribution in [2.75, 3.05) is 21.3 Å². The van der Waals surface area contributed by atoms with Crippen LogP contribution in [0.15, 0.2) is 51.6 Å². The van der Waals surface area contributed by atoms with Crippen molar-refractivity contribution in [3.05, 3.63) is 68.2 Å². The molecule has 2 N–H and O–H groups in total. The molecule has 0 radical (unpaired) electrons. The van der Waals surface area contributed by atoms with Crippen LogP contribution >= 0.6 is 0 Å². The molecule has 1 atom stereocenters. The van der Waals surface area contributed by atoms with Crippen LogP contribution in [0.2, 0.25) is 0 Å². The molecule has 0 saturated heterocycles. The van der Waals surface area contributed by atoms with Crippen LogP contribution in [0.25, 0.3) is 16.6 Å². The minimum Gasteiger partial charge on any atom is -0.496 e. The summed E-state index contributed by atoms with van der Waals surface area (Å²) in [5.41, 5.74) is 5.63. The number of nitriles is 1. The van der Waals surface area contributed by atoms with Gasteiger partial charge in [0, 0.05) is 12.1 Å². The zero-order chi connectivity index (χ0) is 21.6. The molecule has 152 valence electrons. The number of benzene rings is 2. The first-order chi connectivity index (χ1) is 14.5. The molecule has 0 aliphatic carbocycles. The van der Waals surface area contributed by atoms with E-state index in [-0.39, 0.29) is 22.2 Å². The van der Waals surface area contributed by atoms with Crippen molar-refractivity contribution in [2.24, 2.45) is 5.73 Å². The first kappa shape index (κ1) is 19.1. The van der Waals surface area contributed by atoms with Crippen LogP contribution in [-0.4, -0.2) is 30.7 Å². The summed E-state index contributed by atoms with van der Waals surface area (Å²) in [7, 11) is 4.39. The third-order valence-electron chi connectivity index (χ3n) is 5.17. The third-order valence-corrected chi connectivity index (χ3v) is 5.17. The van der Waals surface area contributed by atoms with Crippen molar-refractivity contribution in [1.82, 2.24) is 9.36 Å². The van der Waals surface area contributed by atoms with Gasteiger partial charge >= 0.3 is 0 Å². The van der Waals surface area contributed by atoms with Gasteiger partial charge in [-0.15, -0.1) is 0 Å². The molecule has 1 aliphatic rings. The normalized spacial score (nSPS) is 15.1. The number of hydrogen-bond acceptors (Lipinski definition) is 7. The minimum absolute atomic E-state index is 0.0336. The molecule has 1 aromatic heterocycles. The molecule has 0 saturated carbocycles. The molecule has 0 amide bonds. The number of ether oxygens (including phenoxy) is 3. The van der Waals surface area contributed by atoms with E-state index in [0.29, 0.717) is 22.8 Å². The lowest BCUT2D eigenvalue weighted by Gasteiger charge is -2.22. The van der Waals surface area contributed by atoms with Crippen LogP contribution in [0, 0.1) is 11.3 Å². The summed E-state index contributed by atoms with van der Waals surface area (Å²) in [6.45, 7) is 0. The molecule has 0 spiro atoms. The minimum atomic E-state index is -1.02. The van der Waals surface area contributed by atoms with E-state index in [1.807, 2.05) is 6.07 Å². The van der Waals surface area contributed by atoms with Crippen molar-refractivity contribution in [3.8, 4) is 23.3 Å². The SMILES string of the molecule is COc1cc(OC)c(C2C(C#N)=C(N)n3c(=O)c4ccccc4c(=O)n32)c(OC)c1. The van der Waals surface area contributed by atoms with E-state index < -0.39 is 17.2 Å². The second-order valence-electron chi connectivity index (χ2n) is 6.57.